The number of ether oxygens (including phenoxy) is 1. The fourth-order valence-corrected chi connectivity index (χ4v) is 3.57. The van der Waals surface area contributed by atoms with Gasteiger partial charge in [-0.2, -0.15) is 0 Å². The van der Waals surface area contributed by atoms with Crippen molar-refractivity contribution in [2.45, 2.75) is 31.5 Å². The number of aldehydes is 1. The van der Waals surface area contributed by atoms with Crippen LogP contribution in [0.1, 0.15) is 23.6 Å². The molecule has 27 heavy (non-hydrogen) atoms. The Balaban J connectivity index is 1.70. The van der Waals surface area contributed by atoms with Crippen LogP contribution in [-0.4, -0.2) is 43.2 Å². The molecule has 1 saturated heterocycles. The normalized spacial score (nSPS) is 26.4. The zero-order valence-corrected chi connectivity index (χ0v) is 14.4. The van der Waals surface area contributed by atoms with E-state index < -0.39 is 36.3 Å². The number of halogens is 1. The Morgan fingerprint density at radius 2 is 2.15 bits per heavy atom. The summed E-state index contributed by atoms with van der Waals surface area (Å²) in [6.07, 6.45) is -0.741. The summed E-state index contributed by atoms with van der Waals surface area (Å²) >= 11 is 0. The Kier molecular flexibility index (Phi) is 4.47. The molecular weight excluding hydrogens is 353 g/mol. The number of carbonyl (C=O) groups is 1. The van der Waals surface area contributed by atoms with E-state index in [1.165, 1.54) is 24.5 Å². The van der Waals surface area contributed by atoms with E-state index >= 15 is 0 Å². The Morgan fingerprint density at radius 1 is 1.33 bits per heavy atom. The van der Waals surface area contributed by atoms with Crippen LogP contribution >= 0.6 is 0 Å². The van der Waals surface area contributed by atoms with Crippen LogP contribution in [0.3, 0.4) is 0 Å². The van der Waals surface area contributed by atoms with Crippen LogP contribution in [-0.2, 0) is 9.53 Å². The lowest BCUT2D eigenvalue weighted by molar-refractivity contribution is -0.117. The fraction of sp³-hybridized carbons (Fsp3) is 0.316. The van der Waals surface area contributed by atoms with Gasteiger partial charge in [-0.3, -0.25) is 0 Å². The van der Waals surface area contributed by atoms with Crippen LogP contribution in [0.15, 0.2) is 42.9 Å². The number of aliphatic hydroxyl groups is 2. The van der Waals surface area contributed by atoms with Crippen molar-refractivity contribution in [3.63, 3.8) is 0 Å². The molecule has 4 rings (SSSR count). The van der Waals surface area contributed by atoms with Gasteiger partial charge in [0.2, 0.25) is 0 Å². The molecule has 1 aliphatic heterocycles. The van der Waals surface area contributed by atoms with Crippen LogP contribution in [0.5, 0.6) is 0 Å². The van der Waals surface area contributed by atoms with Gasteiger partial charge in [-0.05, 0) is 30.7 Å². The Labute approximate surface area is 154 Å². The number of benzene rings is 1. The van der Waals surface area contributed by atoms with Gasteiger partial charge in [0.05, 0.1) is 11.6 Å². The lowest BCUT2D eigenvalue weighted by Crippen LogP contribution is -2.31. The molecule has 5 unspecified atom stereocenters. The molecule has 0 aliphatic carbocycles. The molecule has 0 saturated carbocycles. The molecule has 1 fully saturated rings. The summed E-state index contributed by atoms with van der Waals surface area (Å²) in [6.45, 7) is 1.84. The third kappa shape index (κ3) is 2.91. The van der Waals surface area contributed by atoms with E-state index in [0.29, 0.717) is 11.9 Å². The lowest BCUT2D eigenvalue weighted by Gasteiger charge is -2.21. The zero-order valence-electron chi connectivity index (χ0n) is 14.4. The summed E-state index contributed by atoms with van der Waals surface area (Å²) in [7, 11) is 0. The Bertz CT molecular complexity index is 992. The van der Waals surface area contributed by atoms with Gasteiger partial charge in [-0.15, -0.1) is 0 Å². The maximum Gasteiger partial charge on any atom is 0.162 e. The van der Waals surface area contributed by atoms with E-state index in [1.807, 2.05) is 6.92 Å². The molecule has 0 bridgehead atoms. The number of nitrogens with zero attached hydrogens (tertiary/aromatic N) is 3. The highest BCUT2D eigenvalue weighted by Gasteiger charge is 2.48. The predicted molar refractivity (Wildman–Crippen MR) is 93.1 cm³/mol. The number of fused-ring (bicyclic) bond motifs is 1. The topological polar surface area (TPSA) is 97.5 Å². The first kappa shape index (κ1) is 17.7. The minimum Gasteiger partial charge on any atom is -0.388 e. The monoisotopic (exact) mass is 371 g/mol. The van der Waals surface area contributed by atoms with E-state index in [1.54, 1.807) is 22.9 Å². The number of hydrogen-bond acceptors (Lipinski definition) is 6. The molecular formula is C19H18FN3O4. The van der Waals surface area contributed by atoms with Gasteiger partial charge >= 0.3 is 0 Å². The lowest BCUT2D eigenvalue weighted by atomic mass is 9.92. The molecule has 0 amide bonds. The molecule has 2 N–H and O–H groups in total. The highest BCUT2D eigenvalue weighted by molar-refractivity contribution is 5.78. The van der Waals surface area contributed by atoms with Crippen molar-refractivity contribution in [1.29, 1.82) is 0 Å². The van der Waals surface area contributed by atoms with Gasteiger partial charge in [0, 0.05) is 11.6 Å². The molecule has 2 aromatic heterocycles. The predicted octanol–water partition coefficient (Wildman–Crippen LogP) is 1.69. The van der Waals surface area contributed by atoms with Crippen LogP contribution in [0.4, 0.5) is 4.39 Å². The first-order chi connectivity index (χ1) is 13.0. The van der Waals surface area contributed by atoms with Gasteiger partial charge < -0.3 is 24.3 Å². The van der Waals surface area contributed by atoms with Crippen molar-refractivity contribution in [1.82, 2.24) is 14.5 Å². The van der Waals surface area contributed by atoms with Gasteiger partial charge in [0.15, 0.2) is 6.23 Å². The van der Waals surface area contributed by atoms with Crippen molar-refractivity contribution in [2.24, 2.45) is 5.92 Å². The summed E-state index contributed by atoms with van der Waals surface area (Å²) in [4.78, 5) is 20.0. The first-order valence-corrected chi connectivity index (χ1v) is 8.51. The van der Waals surface area contributed by atoms with E-state index in [2.05, 4.69) is 9.97 Å². The van der Waals surface area contributed by atoms with Gasteiger partial charge in [-0.1, -0.05) is 12.1 Å². The molecule has 0 radical (unpaired) electrons. The van der Waals surface area contributed by atoms with Crippen LogP contribution in [0.25, 0.3) is 11.0 Å². The third-order valence-corrected chi connectivity index (χ3v) is 5.00. The number of carbonyl (C=O) groups excluding carboxylic acids is 1. The molecule has 5 atom stereocenters. The molecule has 0 spiro atoms. The molecule has 8 heteroatoms. The SMILES string of the molecule is Cc1ncnc2c1ccn2C1OC(C(O)c2cccc(F)c2)C(C=O)C1O. The van der Waals surface area contributed by atoms with Crippen LogP contribution in [0.2, 0.25) is 0 Å². The van der Waals surface area contributed by atoms with E-state index in [4.69, 9.17) is 4.74 Å². The molecule has 1 aliphatic rings. The van der Waals surface area contributed by atoms with Crippen molar-refractivity contribution in [3.05, 3.63) is 59.9 Å². The van der Waals surface area contributed by atoms with Crippen molar-refractivity contribution >= 4 is 17.3 Å². The van der Waals surface area contributed by atoms with Crippen molar-refractivity contribution in [2.75, 3.05) is 0 Å². The number of aliphatic hydroxyl groups excluding tert-OH is 2. The Hall–Kier alpha value is -2.68. The average molecular weight is 371 g/mol. The minimum atomic E-state index is -1.27. The maximum atomic E-state index is 13.5. The smallest absolute Gasteiger partial charge is 0.162 e. The van der Waals surface area contributed by atoms with Gasteiger partial charge in [-0.25, -0.2) is 14.4 Å². The first-order valence-electron chi connectivity index (χ1n) is 8.51. The summed E-state index contributed by atoms with van der Waals surface area (Å²) in [5.74, 6) is -1.48. The number of aryl methyl sites for hydroxylation is 1. The summed E-state index contributed by atoms with van der Waals surface area (Å²) in [6, 6.07) is 7.24. The second-order valence-electron chi connectivity index (χ2n) is 6.61. The standard InChI is InChI=1S/C19H18FN3O4/c1-10-13-5-6-23(18(13)22-9-21-10)19-16(26)14(8-24)17(27-19)15(25)11-3-2-4-12(20)7-11/h2-9,14-17,19,25-26H,1H3. The third-order valence-electron chi connectivity index (χ3n) is 5.00. The fourth-order valence-electron chi connectivity index (χ4n) is 3.57. The van der Waals surface area contributed by atoms with E-state index in [9.17, 15) is 19.4 Å². The number of rotatable bonds is 4. The molecule has 3 heterocycles. The van der Waals surface area contributed by atoms with Crippen LogP contribution < -0.4 is 0 Å². The molecule has 140 valence electrons. The number of aromatic nitrogens is 3. The van der Waals surface area contributed by atoms with Gasteiger partial charge in [0.1, 0.15) is 42.4 Å². The summed E-state index contributed by atoms with van der Waals surface area (Å²) in [5, 5.41) is 22.1. The highest BCUT2D eigenvalue weighted by Crippen LogP contribution is 2.40. The second-order valence-corrected chi connectivity index (χ2v) is 6.61. The molecule has 7 nitrogen and oxygen atoms in total. The van der Waals surface area contributed by atoms with E-state index in [-0.39, 0.29) is 5.56 Å². The van der Waals surface area contributed by atoms with Gasteiger partial charge in [0.25, 0.3) is 0 Å². The summed E-state index contributed by atoms with van der Waals surface area (Å²) in [5.41, 5.74) is 1.60. The van der Waals surface area contributed by atoms with Crippen molar-refractivity contribution < 1.29 is 24.1 Å². The Morgan fingerprint density at radius 3 is 2.89 bits per heavy atom. The average Bonchev–Trinajstić information content (AvgIpc) is 3.22. The summed E-state index contributed by atoms with van der Waals surface area (Å²) < 4.78 is 21.0. The zero-order chi connectivity index (χ0) is 19.1. The highest BCUT2D eigenvalue weighted by atomic mass is 19.1. The van der Waals surface area contributed by atoms with Crippen LogP contribution in [0, 0.1) is 18.7 Å². The maximum absolute atomic E-state index is 13.5. The minimum absolute atomic E-state index is 0.273. The second kappa shape index (κ2) is 6.80. The quantitative estimate of drug-likeness (QED) is 0.678. The number of hydrogen-bond donors (Lipinski definition) is 2. The molecule has 3 aromatic rings. The van der Waals surface area contributed by atoms with E-state index in [0.717, 1.165) is 11.1 Å². The van der Waals surface area contributed by atoms with Crippen molar-refractivity contribution in [3.8, 4) is 0 Å². The largest absolute Gasteiger partial charge is 0.388 e. The molecule has 1 aromatic carbocycles.